The Morgan fingerprint density at radius 1 is 0.882 bits per heavy atom. The summed E-state index contributed by atoms with van der Waals surface area (Å²) >= 11 is 0. The number of anilines is 1. The number of carbonyl (C=O) groups excluding carboxylic acids is 3. The molecule has 3 rings (SSSR count). The van der Waals surface area contributed by atoms with E-state index in [1.807, 2.05) is 35.2 Å². The molecule has 1 heterocycles. The Kier molecular flexibility index (Phi) is 8.47. The van der Waals surface area contributed by atoms with Crippen LogP contribution in [-0.4, -0.2) is 73.2 Å². The van der Waals surface area contributed by atoms with Crippen molar-refractivity contribution in [2.45, 2.75) is 12.8 Å². The number of carbonyl (C=O) groups is 3. The van der Waals surface area contributed by atoms with Crippen LogP contribution in [0.25, 0.3) is 0 Å². The molecule has 0 saturated carbocycles. The van der Waals surface area contributed by atoms with Gasteiger partial charge in [0.25, 0.3) is 0 Å². The van der Waals surface area contributed by atoms with Gasteiger partial charge in [0.1, 0.15) is 5.75 Å². The summed E-state index contributed by atoms with van der Waals surface area (Å²) in [4.78, 5) is 40.1. The van der Waals surface area contributed by atoms with Gasteiger partial charge in [0.15, 0.2) is 0 Å². The molecule has 0 unspecified atom stereocenters. The number of amides is 3. The van der Waals surface area contributed by atoms with Crippen LogP contribution in [0.15, 0.2) is 54.6 Å². The summed E-state index contributed by atoms with van der Waals surface area (Å²) in [5.74, 6) is -1.11. The zero-order chi connectivity index (χ0) is 24.6. The SMILES string of the molecule is O=C(Cc1ccccc1)NCC(=O)N1CCN(CC(=O)Nc2ccc(OC(F)(F)F)cc2)CC1. The van der Waals surface area contributed by atoms with Crippen LogP contribution in [-0.2, 0) is 20.8 Å². The average molecular weight is 478 g/mol. The van der Waals surface area contributed by atoms with Crippen LogP contribution in [0.4, 0.5) is 18.9 Å². The van der Waals surface area contributed by atoms with Gasteiger partial charge >= 0.3 is 6.36 Å². The molecule has 0 spiro atoms. The predicted molar refractivity (Wildman–Crippen MR) is 118 cm³/mol. The Bertz CT molecular complexity index is 976. The number of nitrogens with zero attached hydrogens (tertiary/aromatic N) is 2. The Morgan fingerprint density at radius 2 is 1.53 bits per heavy atom. The first-order chi connectivity index (χ1) is 16.2. The Morgan fingerprint density at radius 3 is 2.15 bits per heavy atom. The van der Waals surface area contributed by atoms with E-state index in [1.165, 1.54) is 12.1 Å². The van der Waals surface area contributed by atoms with Crippen LogP contribution >= 0.6 is 0 Å². The molecule has 3 amide bonds. The number of piperazine rings is 1. The number of benzene rings is 2. The van der Waals surface area contributed by atoms with Crippen molar-refractivity contribution in [1.82, 2.24) is 15.1 Å². The molecule has 0 radical (unpaired) electrons. The van der Waals surface area contributed by atoms with E-state index in [2.05, 4.69) is 15.4 Å². The van der Waals surface area contributed by atoms with Gasteiger partial charge in [-0.3, -0.25) is 19.3 Å². The van der Waals surface area contributed by atoms with Crippen LogP contribution in [0.5, 0.6) is 5.75 Å². The lowest BCUT2D eigenvalue weighted by Crippen LogP contribution is -2.52. The summed E-state index contributed by atoms with van der Waals surface area (Å²) in [6, 6.07) is 14.1. The smallest absolute Gasteiger partial charge is 0.406 e. The normalized spacial score (nSPS) is 14.4. The van der Waals surface area contributed by atoms with Gasteiger partial charge in [-0.15, -0.1) is 13.2 Å². The topological polar surface area (TPSA) is 91.0 Å². The molecule has 1 saturated heterocycles. The Labute approximate surface area is 194 Å². The molecule has 1 aliphatic rings. The van der Waals surface area contributed by atoms with E-state index in [9.17, 15) is 27.6 Å². The number of rotatable bonds is 8. The second-order valence-electron chi connectivity index (χ2n) is 7.72. The summed E-state index contributed by atoms with van der Waals surface area (Å²) in [6.07, 6.45) is -4.57. The van der Waals surface area contributed by atoms with E-state index in [0.717, 1.165) is 17.7 Å². The molecule has 0 aliphatic carbocycles. The Balaban J connectivity index is 1.35. The third-order valence-electron chi connectivity index (χ3n) is 5.11. The lowest BCUT2D eigenvalue weighted by molar-refractivity contribution is -0.274. The first-order valence-electron chi connectivity index (χ1n) is 10.6. The zero-order valence-corrected chi connectivity index (χ0v) is 18.3. The van der Waals surface area contributed by atoms with Crippen LogP contribution in [0.1, 0.15) is 5.56 Å². The van der Waals surface area contributed by atoms with Gasteiger partial charge in [0, 0.05) is 31.9 Å². The van der Waals surface area contributed by atoms with E-state index in [4.69, 9.17) is 0 Å². The average Bonchev–Trinajstić information content (AvgIpc) is 2.79. The maximum atomic E-state index is 12.4. The number of hydrogen-bond donors (Lipinski definition) is 2. The highest BCUT2D eigenvalue weighted by Gasteiger charge is 2.31. The van der Waals surface area contributed by atoms with Crippen LogP contribution in [0.3, 0.4) is 0 Å². The van der Waals surface area contributed by atoms with Gasteiger partial charge in [-0.2, -0.15) is 0 Å². The summed E-state index contributed by atoms with van der Waals surface area (Å²) in [5, 5.41) is 5.26. The second-order valence-corrected chi connectivity index (χ2v) is 7.72. The van der Waals surface area contributed by atoms with Crippen molar-refractivity contribution >= 4 is 23.4 Å². The fourth-order valence-electron chi connectivity index (χ4n) is 3.43. The van der Waals surface area contributed by atoms with Gasteiger partial charge in [-0.25, -0.2) is 0 Å². The molecule has 182 valence electrons. The van der Waals surface area contributed by atoms with E-state index in [-0.39, 0.29) is 43.0 Å². The van der Waals surface area contributed by atoms with E-state index in [1.54, 1.807) is 4.90 Å². The van der Waals surface area contributed by atoms with E-state index < -0.39 is 6.36 Å². The molecule has 1 aliphatic heterocycles. The summed E-state index contributed by atoms with van der Waals surface area (Å²) in [6.45, 7) is 1.80. The minimum absolute atomic E-state index is 0.0800. The standard InChI is InChI=1S/C23H25F3N4O4/c24-23(25,26)34-19-8-6-18(7-9-19)28-21(32)16-29-10-12-30(13-11-29)22(33)15-27-20(31)14-17-4-2-1-3-5-17/h1-9H,10-16H2,(H,27,31)(H,28,32). The van der Waals surface area contributed by atoms with Crippen molar-refractivity contribution in [3.63, 3.8) is 0 Å². The van der Waals surface area contributed by atoms with Crippen molar-refractivity contribution in [2.75, 3.05) is 44.6 Å². The minimum atomic E-state index is -4.78. The van der Waals surface area contributed by atoms with Crippen molar-refractivity contribution < 1.29 is 32.3 Å². The molecule has 2 aromatic rings. The largest absolute Gasteiger partial charge is 0.573 e. The van der Waals surface area contributed by atoms with Gasteiger partial charge in [-0.05, 0) is 29.8 Å². The number of alkyl halides is 3. The molecule has 11 heteroatoms. The number of ether oxygens (including phenoxy) is 1. The van der Waals surface area contributed by atoms with Crippen molar-refractivity contribution in [3.8, 4) is 5.75 Å². The van der Waals surface area contributed by atoms with Gasteiger partial charge in [0.05, 0.1) is 19.5 Å². The molecular weight excluding hydrogens is 453 g/mol. The molecule has 0 bridgehead atoms. The number of hydrogen-bond acceptors (Lipinski definition) is 5. The van der Waals surface area contributed by atoms with Crippen molar-refractivity contribution in [1.29, 1.82) is 0 Å². The molecule has 2 N–H and O–H groups in total. The fraction of sp³-hybridized carbons (Fsp3) is 0.348. The van der Waals surface area contributed by atoms with Gasteiger partial charge in [-0.1, -0.05) is 30.3 Å². The summed E-state index contributed by atoms with van der Waals surface area (Å²) in [5.41, 5.74) is 1.21. The van der Waals surface area contributed by atoms with Gasteiger partial charge in [0.2, 0.25) is 17.7 Å². The second kappa shape index (κ2) is 11.5. The predicted octanol–water partition coefficient (Wildman–Crippen LogP) is 2.03. The lowest BCUT2D eigenvalue weighted by atomic mass is 10.1. The van der Waals surface area contributed by atoms with Crippen LogP contribution < -0.4 is 15.4 Å². The number of nitrogens with one attached hydrogen (secondary N) is 2. The Hall–Kier alpha value is -3.60. The molecule has 1 fully saturated rings. The maximum Gasteiger partial charge on any atom is 0.573 e. The van der Waals surface area contributed by atoms with E-state index in [0.29, 0.717) is 31.9 Å². The first-order valence-corrected chi connectivity index (χ1v) is 10.6. The quantitative estimate of drug-likeness (QED) is 0.606. The van der Waals surface area contributed by atoms with Crippen LogP contribution in [0.2, 0.25) is 0 Å². The van der Waals surface area contributed by atoms with Crippen LogP contribution in [0, 0.1) is 0 Å². The van der Waals surface area contributed by atoms with Crippen molar-refractivity contribution in [2.24, 2.45) is 0 Å². The molecule has 2 aromatic carbocycles. The third kappa shape index (κ3) is 8.39. The monoisotopic (exact) mass is 478 g/mol. The van der Waals surface area contributed by atoms with E-state index >= 15 is 0 Å². The molecule has 8 nitrogen and oxygen atoms in total. The molecule has 0 atom stereocenters. The highest BCUT2D eigenvalue weighted by molar-refractivity contribution is 5.92. The highest BCUT2D eigenvalue weighted by Crippen LogP contribution is 2.23. The fourth-order valence-corrected chi connectivity index (χ4v) is 3.43. The lowest BCUT2D eigenvalue weighted by Gasteiger charge is -2.34. The van der Waals surface area contributed by atoms with Crippen molar-refractivity contribution in [3.05, 3.63) is 60.2 Å². The van der Waals surface area contributed by atoms with Gasteiger partial charge < -0.3 is 20.3 Å². The molecule has 0 aromatic heterocycles. The minimum Gasteiger partial charge on any atom is -0.406 e. The molecular formula is C23H25F3N4O4. The first kappa shape index (κ1) is 25.0. The maximum absolute atomic E-state index is 12.4. The summed E-state index contributed by atoms with van der Waals surface area (Å²) < 4.78 is 40.4. The molecule has 34 heavy (non-hydrogen) atoms. The summed E-state index contributed by atoms with van der Waals surface area (Å²) in [7, 11) is 0. The number of halogens is 3. The zero-order valence-electron chi connectivity index (χ0n) is 18.3. The highest BCUT2D eigenvalue weighted by atomic mass is 19.4. The third-order valence-corrected chi connectivity index (χ3v) is 5.11.